The average Bonchev–Trinajstić information content (AvgIpc) is 1.99. The average molecular weight is 210 g/mol. The number of hydrogen-bond donors (Lipinski definition) is 1. The SMILES string of the molecule is CCNc1cccc(Cl)c1F.Cl. The summed E-state index contributed by atoms with van der Waals surface area (Å²) in [5.41, 5.74) is 0.458. The van der Waals surface area contributed by atoms with Crippen molar-refractivity contribution < 1.29 is 4.39 Å². The molecule has 0 aromatic heterocycles. The van der Waals surface area contributed by atoms with E-state index in [4.69, 9.17) is 11.6 Å². The minimum Gasteiger partial charge on any atom is -0.383 e. The molecule has 0 amide bonds. The molecule has 12 heavy (non-hydrogen) atoms. The van der Waals surface area contributed by atoms with Gasteiger partial charge < -0.3 is 5.32 Å². The predicted octanol–water partition coefficient (Wildman–Crippen LogP) is 3.33. The second-order valence-corrected chi connectivity index (χ2v) is 2.54. The fraction of sp³-hybridized carbons (Fsp3) is 0.250. The molecule has 1 rings (SSSR count). The molecule has 0 bridgehead atoms. The summed E-state index contributed by atoms with van der Waals surface area (Å²) in [6, 6.07) is 4.89. The Balaban J connectivity index is 0.00000121. The van der Waals surface area contributed by atoms with Gasteiger partial charge in [0.2, 0.25) is 0 Å². The van der Waals surface area contributed by atoms with Crippen molar-refractivity contribution >= 4 is 29.7 Å². The molecule has 0 saturated heterocycles. The number of benzene rings is 1. The standard InChI is InChI=1S/C8H9ClFN.ClH/c1-2-11-7-5-3-4-6(9)8(7)10;/h3-5,11H,2H2,1H3;1H. The maximum absolute atomic E-state index is 13.0. The smallest absolute Gasteiger partial charge is 0.164 e. The van der Waals surface area contributed by atoms with Crippen LogP contribution in [0.5, 0.6) is 0 Å². The van der Waals surface area contributed by atoms with E-state index in [0.29, 0.717) is 12.2 Å². The van der Waals surface area contributed by atoms with E-state index in [2.05, 4.69) is 5.32 Å². The molecular weight excluding hydrogens is 200 g/mol. The van der Waals surface area contributed by atoms with Gasteiger partial charge in [0.25, 0.3) is 0 Å². The highest BCUT2D eigenvalue weighted by Gasteiger charge is 2.03. The Labute approximate surface area is 82.3 Å². The van der Waals surface area contributed by atoms with Crippen molar-refractivity contribution in [3.63, 3.8) is 0 Å². The maximum Gasteiger partial charge on any atom is 0.164 e. The summed E-state index contributed by atoms with van der Waals surface area (Å²) < 4.78 is 13.0. The quantitative estimate of drug-likeness (QED) is 0.789. The van der Waals surface area contributed by atoms with E-state index in [1.165, 1.54) is 6.07 Å². The lowest BCUT2D eigenvalue weighted by molar-refractivity contribution is 0.631. The van der Waals surface area contributed by atoms with Crippen LogP contribution in [-0.4, -0.2) is 6.54 Å². The van der Waals surface area contributed by atoms with Crippen LogP contribution in [-0.2, 0) is 0 Å². The topological polar surface area (TPSA) is 12.0 Å². The molecule has 1 aromatic carbocycles. The molecule has 1 nitrogen and oxygen atoms in total. The number of nitrogens with one attached hydrogen (secondary N) is 1. The van der Waals surface area contributed by atoms with Crippen LogP contribution < -0.4 is 5.32 Å². The van der Waals surface area contributed by atoms with E-state index in [9.17, 15) is 4.39 Å². The first-order chi connectivity index (χ1) is 5.25. The number of halogens is 3. The van der Waals surface area contributed by atoms with Crippen molar-refractivity contribution in [1.82, 2.24) is 0 Å². The van der Waals surface area contributed by atoms with Crippen molar-refractivity contribution in [3.8, 4) is 0 Å². The third-order valence-electron chi connectivity index (χ3n) is 1.32. The van der Waals surface area contributed by atoms with Crippen molar-refractivity contribution in [3.05, 3.63) is 29.0 Å². The molecule has 0 aliphatic carbocycles. The van der Waals surface area contributed by atoms with Gasteiger partial charge in [-0.15, -0.1) is 12.4 Å². The Bertz CT molecular complexity index is 253. The highest BCUT2D eigenvalue weighted by Crippen LogP contribution is 2.21. The van der Waals surface area contributed by atoms with E-state index in [-0.39, 0.29) is 23.2 Å². The number of anilines is 1. The lowest BCUT2D eigenvalue weighted by Crippen LogP contribution is -1.98. The minimum absolute atomic E-state index is 0. The molecule has 0 spiro atoms. The summed E-state index contributed by atoms with van der Waals surface area (Å²) in [6.45, 7) is 2.59. The highest BCUT2D eigenvalue weighted by atomic mass is 35.5. The molecule has 1 N–H and O–H groups in total. The van der Waals surface area contributed by atoms with E-state index < -0.39 is 0 Å². The Morgan fingerprint density at radius 2 is 2.17 bits per heavy atom. The summed E-state index contributed by atoms with van der Waals surface area (Å²) in [5.74, 6) is -0.379. The van der Waals surface area contributed by atoms with Crippen LogP contribution in [0, 0.1) is 5.82 Å². The summed E-state index contributed by atoms with van der Waals surface area (Å²) >= 11 is 5.53. The van der Waals surface area contributed by atoms with Crippen molar-refractivity contribution in [2.75, 3.05) is 11.9 Å². The van der Waals surface area contributed by atoms with Gasteiger partial charge in [-0.1, -0.05) is 17.7 Å². The monoisotopic (exact) mass is 209 g/mol. The van der Waals surface area contributed by atoms with Gasteiger partial charge in [0.1, 0.15) is 0 Å². The Kier molecular flexibility index (Phi) is 5.02. The molecule has 0 aliphatic heterocycles. The summed E-state index contributed by atoms with van der Waals surface area (Å²) in [4.78, 5) is 0. The molecule has 1 aromatic rings. The van der Waals surface area contributed by atoms with Gasteiger partial charge >= 0.3 is 0 Å². The fourth-order valence-electron chi connectivity index (χ4n) is 0.831. The predicted molar refractivity (Wildman–Crippen MR) is 52.8 cm³/mol. The second kappa shape index (κ2) is 5.22. The van der Waals surface area contributed by atoms with E-state index >= 15 is 0 Å². The molecule has 68 valence electrons. The maximum atomic E-state index is 13.0. The summed E-state index contributed by atoms with van der Waals surface area (Å²) in [5, 5.41) is 3.01. The molecule has 4 heteroatoms. The molecule has 0 fully saturated rings. The molecule has 0 saturated carbocycles. The van der Waals surface area contributed by atoms with Gasteiger partial charge in [0, 0.05) is 6.54 Å². The summed E-state index contributed by atoms with van der Waals surface area (Å²) in [6.07, 6.45) is 0. The van der Waals surface area contributed by atoms with Crippen LogP contribution in [0.1, 0.15) is 6.92 Å². The lowest BCUT2D eigenvalue weighted by atomic mass is 10.3. The van der Waals surface area contributed by atoms with Crippen LogP contribution >= 0.6 is 24.0 Å². The molecule has 0 radical (unpaired) electrons. The van der Waals surface area contributed by atoms with E-state index in [1.807, 2.05) is 6.92 Å². The number of hydrogen-bond acceptors (Lipinski definition) is 1. The van der Waals surface area contributed by atoms with Crippen molar-refractivity contribution in [2.24, 2.45) is 0 Å². The van der Waals surface area contributed by atoms with Gasteiger partial charge in [0.05, 0.1) is 10.7 Å². The van der Waals surface area contributed by atoms with Gasteiger partial charge in [-0.3, -0.25) is 0 Å². The third kappa shape index (κ3) is 2.54. The van der Waals surface area contributed by atoms with Crippen LogP contribution in [0.2, 0.25) is 5.02 Å². The molecule has 0 aliphatic rings. The molecule has 0 heterocycles. The summed E-state index contributed by atoms with van der Waals surface area (Å²) in [7, 11) is 0. The number of rotatable bonds is 2. The van der Waals surface area contributed by atoms with Crippen LogP contribution in [0.4, 0.5) is 10.1 Å². The van der Waals surface area contributed by atoms with Crippen LogP contribution in [0.25, 0.3) is 0 Å². The zero-order chi connectivity index (χ0) is 8.27. The highest BCUT2D eigenvalue weighted by molar-refractivity contribution is 6.31. The zero-order valence-corrected chi connectivity index (χ0v) is 8.18. The first-order valence-corrected chi connectivity index (χ1v) is 3.81. The Morgan fingerprint density at radius 3 is 2.75 bits per heavy atom. The zero-order valence-electron chi connectivity index (χ0n) is 6.60. The van der Waals surface area contributed by atoms with Crippen molar-refractivity contribution in [1.29, 1.82) is 0 Å². The van der Waals surface area contributed by atoms with Gasteiger partial charge in [-0.2, -0.15) is 0 Å². The fourth-order valence-corrected chi connectivity index (χ4v) is 1.01. The lowest BCUT2D eigenvalue weighted by Gasteiger charge is -2.04. The van der Waals surface area contributed by atoms with Crippen LogP contribution in [0.15, 0.2) is 18.2 Å². The normalized spacial score (nSPS) is 8.92. The van der Waals surface area contributed by atoms with Gasteiger partial charge in [0.15, 0.2) is 5.82 Å². The second-order valence-electron chi connectivity index (χ2n) is 2.13. The van der Waals surface area contributed by atoms with Crippen molar-refractivity contribution in [2.45, 2.75) is 6.92 Å². The first-order valence-electron chi connectivity index (χ1n) is 3.43. The largest absolute Gasteiger partial charge is 0.383 e. The first kappa shape index (κ1) is 11.5. The van der Waals surface area contributed by atoms with Crippen LogP contribution in [0.3, 0.4) is 0 Å². The third-order valence-corrected chi connectivity index (χ3v) is 1.61. The minimum atomic E-state index is -0.379. The van der Waals surface area contributed by atoms with E-state index in [0.717, 1.165) is 0 Å². The Morgan fingerprint density at radius 1 is 1.50 bits per heavy atom. The van der Waals surface area contributed by atoms with Gasteiger partial charge in [-0.05, 0) is 19.1 Å². The molecule has 0 unspecified atom stereocenters. The van der Waals surface area contributed by atoms with Gasteiger partial charge in [-0.25, -0.2) is 4.39 Å². The van der Waals surface area contributed by atoms with E-state index in [1.54, 1.807) is 12.1 Å². The molecular formula is C8H10Cl2FN. The Hall–Kier alpha value is -0.470. The molecule has 0 atom stereocenters.